The fraction of sp³-hybridized carbons (Fsp3) is 0.429. The highest BCUT2D eigenvalue weighted by Crippen LogP contribution is 2.13. The van der Waals surface area contributed by atoms with Gasteiger partial charge in [-0.1, -0.05) is 0 Å². The van der Waals surface area contributed by atoms with E-state index in [9.17, 15) is 18.4 Å². The van der Waals surface area contributed by atoms with Crippen LogP contribution in [-0.2, 0) is 6.54 Å². The molecule has 0 unspecified atom stereocenters. The third kappa shape index (κ3) is 3.79. The molecule has 0 aliphatic rings. The molecule has 0 aromatic carbocycles. The average Bonchev–Trinajstić information content (AvgIpc) is 2.83. The van der Waals surface area contributed by atoms with Gasteiger partial charge in [-0.2, -0.15) is 18.9 Å². The van der Waals surface area contributed by atoms with Gasteiger partial charge >= 0.3 is 12.2 Å². The van der Waals surface area contributed by atoms with Gasteiger partial charge in [-0.25, -0.2) is 9.48 Å². The van der Waals surface area contributed by atoms with Gasteiger partial charge in [0.2, 0.25) is 0 Å². The lowest BCUT2D eigenvalue weighted by atomic mass is 10.3. The molecule has 0 radical (unpaired) electrons. The lowest BCUT2D eigenvalue weighted by Gasteiger charge is -2.10. The van der Waals surface area contributed by atoms with Gasteiger partial charge in [0, 0.05) is 30.2 Å². The Morgan fingerprint density at radius 3 is 2.52 bits per heavy atom. The quantitative estimate of drug-likeness (QED) is 0.895. The van der Waals surface area contributed by atoms with E-state index in [-0.39, 0.29) is 24.5 Å². The van der Waals surface area contributed by atoms with Crippen molar-refractivity contribution in [3.8, 4) is 0 Å². The fourth-order valence-corrected chi connectivity index (χ4v) is 2.21. The van der Waals surface area contributed by atoms with Crippen molar-refractivity contribution in [2.45, 2.75) is 33.9 Å². The Kier molecular flexibility index (Phi) is 4.87. The molecule has 0 aliphatic heterocycles. The van der Waals surface area contributed by atoms with Crippen molar-refractivity contribution >= 4 is 5.91 Å². The number of halogens is 2. The molecule has 124 valence electrons. The number of carbonyl (C=O) groups excluding carboxylic acids is 1. The molecule has 0 saturated carbocycles. The van der Waals surface area contributed by atoms with E-state index in [1.54, 1.807) is 19.9 Å². The van der Waals surface area contributed by atoms with Gasteiger partial charge in [-0.05, 0) is 32.9 Å². The first-order valence-electron chi connectivity index (χ1n) is 6.97. The fourth-order valence-electron chi connectivity index (χ4n) is 2.21. The van der Waals surface area contributed by atoms with E-state index in [2.05, 4.69) is 15.4 Å². The number of alkyl halides is 2. The topological polar surface area (TPSA) is 81.8 Å². The lowest BCUT2D eigenvalue weighted by molar-refractivity contribution is 0.0538. The van der Waals surface area contributed by atoms with Crippen LogP contribution in [0.25, 0.3) is 0 Å². The number of aromatic nitrogens is 4. The van der Waals surface area contributed by atoms with E-state index in [1.807, 2.05) is 0 Å². The van der Waals surface area contributed by atoms with E-state index in [0.29, 0.717) is 10.4 Å². The monoisotopic (exact) mass is 325 g/mol. The second kappa shape index (κ2) is 6.67. The predicted octanol–water partition coefficient (Wildman–Crippen LogP) is 1.19. The van der Waals surface area contributed by atoms with Crippen molar-refractivity contribution in [3.63, 3.8) is 0 Å². The van der Waals surface area contributed by atoms with Crippen molar-refractivity contribution in [1.82, 2.24) is 24.6 Å². The summed E-state index contributed by atoms with van der Waals surface area (Å²) in [6.07, 6.45) is 0. The molecule has 0 fully saturated rings. The predicted molar refractivity (Wildman–Crippen MR) is 78.5 cm³/mol. The molecule has 1 N–H and O–H groups in total. The summed E-state index contributed by atoms with van der Waals surface area (Å²) >= 11 is 0. The van der Waals surface area contributed by atoms with Crippen LogP contribution >= 0.6 is 0 Å². The van der Waals surface area contributed by atoms with Crippen LogP contribution in [0, 0.1) is 20.8 Å². The minimum absolute atomic E-state index is 0.0890. The van der Waals surface area contributed by atoms with Gasteiger partial charge in [0.1, 0.15) is 0 Å². The third-order valence-corrected chi connectivity index (χ3v) is 3.31. The van der Waals surface area contributed by atoms with Crippen molar-refractivity contribution in [1.29, 1.82) is 0 Å². The van der Waals surface area contributed by atoms with Gasteiger partial charge in [-0.15, -0.1) is 0 Å². The van der Waals surface area contributed by atoms with E-state index >= 15 is 0 Å². The molecule has 0 saturated heterocycles. The second-order valence-electron chi connectivity index (χ2n) is 5.12. The summed E-state index contributed by atoms with van der Waals surface area (Å²) in [6, 6.07) is 3.04. The minimum Gasteiger partial charge on any atom is -0.349 e. The second-order valence-corrected chi connectivity index (χ2v) is 5.12. The van der Waals surface area contributed by atoms with Crippen molar-refractivity contribution in [3.05, 3.63) is 45.4 Å². The summed E-state index contributed by atoms with van der Waals surface area (Å²) in [4.78, 5) is 27.5. The summed E-state index contributed by atoms with van der Waals surface area (Å²) in [7, 11) is 0. The van der Waals surface area contributed by atoms with Gasteiger partial charge in [-0.3, -0.25) is 9.36 Å². The Balaban J connectivity index is 2.01. The largest absolute Gasteiger partial charge is 0.349 e. The van der Waals surface area contributed by atoms with Crippen LogP contribution in [0.15, 0.2) is 16.9 Å². The molecule has 0 spiro atoms. The standard InChI is InChI=1S/C14H17F2N5O2/c1-8-6-9(2)20(14(23)18-8)5-4-17-12(22)11-7-10(3)21(19-11)13(15)16/h6-7,13H,4-5H2,1-3H3,(H,17,22). The average molecular weight is 325 g/mol. The normalized spacial score (nSPS) is 11.0. The number of hydrogen-bond acceptors (Lipinski definition) is 4. The van der Waals surface area contributed by atoms with Crippen molar-refractivity contribution in [2.75, 3.05) is 6.54 Å². The summed E-state index contributed by atoms with van der Waals surface area (Å²) in [5.41, 5.74) is 1.07. The van der Waals surface area contributed by atoms with Gasteiger partial charge in [0.15, 0.2) is 5.69 Å². The lowest BCUT2D eigenvalue weighted by Crippen LogP contribution is -2.33. The van der Waals surface area contributed by atoms with Crippen LogP contribution in [0.2, 0.25) is 0 Å². The maximum atomic E-state index is 12.6. The number of aryl methyl sites for hydroxylation is 3. The maximum absolute atomic E-state index is 12.6. The molecule has 2 rings (SSSR count). The Morgan fingerprint density at radius 2 is 1.96 bits per heavy atom. The molecule has 9 heteroatoms. The Morgan fingerprint density at radius 1 is 1.26 bits per heavy atom. The van der Waals surface area contributed by atoms with Gasteiger partial charge < -0.3 is 5.32 Å². The molecule has 23 heavy (non-hydrogen) atoms. The van der Waals surface area contributed by atoms with Crippen LogP contribution in [0.4, 0.5) is 8.78 Å². The molecule has 7 nitrogen and oxygen atoms in total. The Labute approximate surface area is 131 Å². The number of rotatable bonds is 5. The first kappa shape index (κ1) is 16.8. The Bertz CT molecular complexity index is 782. The van der Waals surface area contributed by atoms with Crippen LogP contribution in [0.3, 0.4) is 0 Å². The van der Waals surface area contributed by atoms with Crippen molar-refractivity contribution < 1.29 is 13.6 Å². The van der Waals surface area contributed by atoms with Crippen LogP contribution in [0.5, 0.6) is 0 Å². The first-order chi connectivity index (χ1) is 10.8. The first-order valence-corrected chi connectivity index (χ1v) is 6.97. The smallest absolute Gasteiger partial charge is 0.348 e. The molecule has 0 aliphatic carbocycles. The van der Waals surface area contributed by atoms with Crippen LogP contribution in [0.1, 0.15) is 34.1 Å². The molecule has 2 aromatic heterocycles. The zero-order valence-corrected chi connectivity index (χ0v) is 13.0. The molecule has 0 atom stereocenters. The molecular formula is C14H17F2N5O2. The highest BCUT2D eigenvalue weighted by atomic mass is 19.3. The van der Waals surface area contributed by atoms with E-state index in [4.69, 9.17) is 0 Å². The highest BCUT2D eigenvalue weighted by Gasteiger charge is 2.16. The summed E-state index contributed by atoms with van der Waals surface area (Å²) < 4.78 is 27.2. The number of carbonyl (C=O) groups is 1. The molecule has 1 amide bonds. The van der Waals surface area contributed by atoms with E-state index < -0.39 is 18.1 Å². The Hall–Kier alpha value is -2.58. The maximum Gasteiger partial charge on any atom is 0.348 e. The highest BCUT2D eigenvalue weighted by molar-refractivity contribution is 5.92. The third-order valence-electron chi connectivity index (χ3n) is 3.31. The van der Waals surface area contributed by atoms with Crippen molar-refractivity contribution in [2.24, 2.45) is 0 Å². The zero-order valence-electron chi connectivity index (χ0n) is 13.0. The number of nitrogens with zero attached hydrogens (tertiary/aromatic N) is 4. The summed E-state index contributed by atoms with van der Waals surface area (Å²) in [6.45, 7) is 2.53. The number of amides is 1. The summed E-state index contributed by atoms with van der Waals surface area (Å²) in [5.74, 6) is -0.571. The number of hydrogen-bond donors (Lipinski definition) is 1. The van der Waals surface area contributed by atoms with Gasteiger partial charge in [0.05, 0.1) is 0 Å². The molecule has 2 aromatic rings. The van der Waals surface area contributed by atoms with E-state index in [0.717, 1.165) is 5.69 Å². The zero-order chi connectivity index (χ0) is 17.1. The molecule has 2 heterocycles. The van der Waals surface area contributed by atoms with E-state index in [1.165, 1.54) is 17.6 Å². The number of nitrogens with one attached hydrogen (secondary N) is 1. The minimum atomic E-state index is -2.79. The summed E-state index contributed by atoms with van der Waals surface area (Å²) in [5, 5.41) is 6.10. The van der Waals surface area contributed by atoms with Crippen LogP contribution < -0.4 is 11.0 Å². The van der Waals surface area contributed by atoms with Gasteiger partial charge in [0.25, 0.3) is 5.91 Å². The SMILES string of the molecule is Cc1cc(C)n(CCNC(=O)c2cc(C)n(C(F)F)n2)c(=O)n1. The van der Waals surface area contributed by atoms with Crippen LogP contribution in [-0.4, -0.2) is 31.8 Å². The molecule has 0 bridgehead atoms. The molecular weight excluding hydrogens is 308 g/mol.